The Morgan fingerprint density at radius 2 is 2.08 bits per heavy atom. The second-order valence-corrected chi connectivity index (χ2v) is 4.57. The minimum Gasteiger partial charge on any atom is -0.281 e. The maximum Gasteiger partial charge on any atom is 0.248 e. The second-order valence-electron chi connectivity index (χ2n) is 2.61. The highest BCUT2D eigenvalue weighted by atomic mass is 127. The van der Waals surface area contributed by atoms with Gasteiger partial charge in [0, 0.05) is 9.15 Å². The Morgan fingerprint density at radius 3 is 2.54 bits per heavy atom. The van der Waals surface area contributed by atoms with Gasteiger partial charge in [0.1, 0.15) is 0 Å². The van der Waals surface area contributed by atoms with Crippen LogP contribution in [0.25, 0.3) is 0 Å². The van der Waals surface area contributed by atoms with E-state index in [1.54, 1.807) is 12.2 Å². The Morgan fingerprint density at radius 1 is 1.46 bits per heavy atom. The van der Waals surface area contributed by atoms with Gasteiger partial charge >= 0.3 is 0 Å². The smallest absolute Gasteiger partial charge is 0.248 e. The summed E-state index contributed by atoms with van der Waals surface area (Å²) in [4.78, 5) is 21.7. The van der Waals surface area contributed by atoms with Gasteiger partial charge in [-0.2, -0.15) is 0 Å². The first kappa shape index (κ1) is 11.2. The molecule has 0 saturated heterocycles. The molecule has 0 radical (unpaired) electrons. The molecule has 1 rings (SSSR count). The van der Waals surface area contributed by atoms with Gasteiger partial charge in [0.15, 0.2) is 0 Å². The number of rotatable bonds is 2. The lowest BCUT2D eigenvalue weighted by Crippen LogP contribution is -2.12. The molecule has 0 fully saturated rings. The molecule has 5 heteroatoms. The fourth-order valence-corrected chi connectivity index (χ4v) is 2.13. The van der Waals surface area contributed by atoms with Crippen LogP contribution in [0.4, 0.5) is 0 Å². The Balaban J connectivity index is 2.90. The Bertz CT molecular complexity index is 320. The molecule has 1 aliphatic carbocycles. The predicted molar refractivity (Wildman–Crippen MR) is 60.0 cm³/mol. The van der Waals surface area contributed by atoms with Crippen LogP contribution in [0, 0.1) is 5.92 Å². The quantitative estimate of drug-likeness (QED) is 0.576. The molecule has 2 nitrogen and oxygen atoms in total. The van der Waals surface area contributed by atoms with Crippen molar-refractivity contribution in [3.63, 3.8) is 0 Å². The van der Waals surface area contributed by atoms with Crippen molar-refractivity contribution in [3.05, 3.63) is 21.3 Å². The van der Waals surface area contributed by atoms with E-state index in [0.29, 0.717) is 12.0 Å². The zero-order valence-corrected chi connectivity index (χ0v) is 10.1. The van der Waals surface area contributed by atoms with Gasteiger partial charge in [-0.25, -0.2) is 0 Å². The lowest BCUT2D eigenvalue weighted by atomic mass is 9.96. The zero-order valence-electron chi connectivity index (χ0n) is 6.39. The molecule has 0 amide bonds. The third-order valence-corrected chi connectivity index (χ3v) is 2.85. The number of carbonyl (C=O) groups is 2. The van der Waals surface area contributed by atoms with Gasteiger partial charge in [-0.15, -0.1) is 0 Å². The molecule has 0 saturated carbocycles. The normalized spacial score (nSPS) is 21.9. The molecule has 0 heterocycles. The van der Waals surface area contributed by atoms with E-state index >= 15 is 0 Å². The van der Waals surface area contributed by atoms with Crippen LogP contribution in [0.5, 0.6) is 0 Å². The summed E-state index contributed by atoms with van der Waals surface area (Å²) in [7, 11) is 0. The zero-order chi connectivity index (χ0) is 10.0. The van der Waals surface area contributed by atoms with Crippen molar-refractivity contribution in [3.8, 4) is 0 Å². The summed E-state index contributed by atoms with van der Waals surface area (Å²) in [6.07, 6.45) is 3.68. The monoisotopic (exact) mass is 330 g/mol. The summed E-state index contributed by atoms with van der Waals surface area (Å²) in [5, 5.41) is -0.983. The maximum absolute atomic E-state index is 10.8. The summed E-state index contributed by atoms with van der Waals surface area (Å²) in [5.74, 6) is -0.420. The Labute approximate surface area is 99.1 Å². The lowest BCUT2D eigenvalue weighted by Gasteiger charge is -2.13. The summed E-state index contributed by atoms with van der Waals surface area (Å²) < 4.78 is 0.812. The van der Waals surface area contributed by atoms with Gasteiger partial charge in [-0.05, 0) is 58.3 Å². The van der Waals surface area contributed by atoms with Crippen LogP contribution in [0.1, 0.15) is 6.42 Å². The van der Waals surface area contributed by atoms with Crippen molar-refractivity contribution in [2.45, 2.75) is 6.42 Å². The fraction of sp³-hybridized carbons (Fsp3) is 0.250. The third kappa shape index (κ3) is 3.07. The number of allylic oxidation sites excluding steroid dienone is 4. The molecule has 0 aromatic carbocycles. The number of halogens is 3. The SMILES string of the molecule is O=C(Cl)C1=CC(I)=CC(C(=O)Cl)C1. The van der Waals surface area contributed by atoms with E-state index in [0.717, 1.165) is 3.58 Å². The van der Waals surface area contributed by atoms with Crippen LogP contribution in [0.2, 0.25) is 0 Å². The standard InChI is InChI=1S/C8H5Cl2IO2/c9-7(12)4-1-5(8(10)13)3-6(11)2-4/h2-4H,1H2. The Hall–Kier alpha value is 0.130. The van der Waals surface area contributed by atoms with E-state index in [4.69, 9.17) is 23.2 Å². The molecule has 0 bridgehead atoms. The lowest BCUT2D eigenvalue weighted by molar-refractivity contribution is -0.114. The summed E-state index contributed by atoms with van der Waals surface area (Å²) in [6.45, 7) is 0. The van der Waals surface area contributed by atoms with Crippen molar-refractivity contribution in [2.75, 3.05) is 0 Å². The highest BCUT2D eigenvalue weighted by molar-refractivity contribution is 14.1. The van der Waals surface area contributed by atoms with Crippen molar-refractivity contribution < 1.29 is 9.59 Å². The Kier molecular flexibility index (Phi) is 3.94. The average molecular weight is 331 g/mol. The van der Waals surface area contributed by atoms with E-state index < -0.39 is 16.4 Å². The van der Waals surface area contributed by atoms with E-state index in [2.05, 4.69) is 0 Å². The summed E-state index contributed by atoms with van der Waals surface area (Å²) in [5.41, 5.74) is 0.438. The summed E-state index contributed by atoms with van der Waals surface area (Å²) in [6, 6.07) is 0. The van der Waals surface area contributed by atoms with Gasteiger partial charge < -0.3 is 0 Å². The molecule has 0 aliphatic heterocycles. The van der Waals surface area contributed by atoms with Gasteiger partial charge in [-0.1, -0.05) is 6.08 Å². The van der Waals surface area contributed by atoms with Crippen LogP contribution in [0.15, 0.2) is 21.3 Å². The van der Waals surface area contributed by atoms with E-state index in [-0.39, 0.29) is 0 Å². The molecule has 1 atom stereocenters. The third-order valence-electron chi connectivity index (χ3n) is 1.66. The molecule has 1 aliphatic rings. The van der Waals surface area contributed by atoms with Crippen LogP contribution < -0.4 is 0 Å². The minimum atomic E-state index is -0.523. The second kappa shape index (κ2) is 4.57. The first-order valence-electron chi connectivity index (χ1n) is 3.48. The van der Waals surface area contributed by atoms with E-state index in [1.807, 2.05) is 22.6 Å². The van der Waals surface area contributed by atoms with Gasteiger partial charge in [0.2, 0.25) is 10.5 Å². The fourth-order valence-electron chi connectivity index (χ4n) is 1.04. The number of hydrogen-bond acceptors (Lipinski definition) is 2. The first-order valence-corrected chi connectivity index (χ1v) is 5.31. The first-order chi connectivity index (χ1) is 6.00. The molecule has 0 spiro atoms. The number of hydrogen-bond donors (Lipinski definition) is 0. The largest absolute Gasteiger partial charge is 0.281 e. The maximum atomic E-state index is 10.8. The molecule has 0 N–H and O–H groups in total. The molecule has 1 unspecified atom stereocenters. The molecule has 70 valence electrons. The average Bonchev–Trinajstić information content (AvgIpc) is 2.03. The topological polar surface area (TPSA) is 34.1 Å². The minimum absolute atomic E-state index is 0.303. The van der Waals surface area contributed by atoms with Gasteiger partial charge in [-0.3, -0.25) is 9.59 Å². The van der Waals surface area contributed by atoms with Crippen LogP contribution in [-0.2, 0) is 9.59 Å². The van der Waals surface area contributed by atoms with Crippen molar-refractivity contribution in [1.82, 2.24) is 0 Å². The van der Waals surface area contributed by atoms with Gasteiger partial charge in [0.25, 0.3) is 0 Å². The van der Waals surface area contributed by atoms with E-state index in [1.165, 1.54) is 0 Å². The predicted octanol–water partition coefficient (Wildman–Crippen LogP) is 2.78. The highest BCUT2D eigenvalue weighted by Gasteiger charge is 2.22. The van der Waals surface area contributed by atoms with Crippen molar-refractivity contribution in [2.24, 2.45) is 5.92 Å². The van der Waals surface area contributed by atoms with Crippen LogP contribution >= 0.6 is 45.8 Å². The van der Waals surface area contributed by atoms with Crippen molar-refractivity contribution in [1.29, 1.82) is 0 Å². The number of carbonyl (C=O) groups excluding carboxylic acids is 2. The molecule has 0 aromatic rings. The van der Waals surface area contributed by atoms with Crippen molar-refractivity contribution >= 4 is 56.3 Å². The molecular weight excluding hydrogens is 326 g/mol. The van der Waals surface area contributed by atoms with Crippen LogP contribution in [-0.4, -0.2) is 10.5 Å². The molecular formula is C8H5Cl2IO2. The van der Waals surface area contributed by atoms with E-state index in [9.17, 15) is 9.59 Å². The van der Waals surface area contributed by atoms with Gasteiger partial charge in [0.05, 0.1) is 5.92 Å². The summed E-state index contributed by atoms with van der Waals surface area (Å²) >= 11 is 12.6. The molecule has 13 heavy (non-hydrogen) atoms. The molecule has 0 aromatic heterocycles. The van der Waals surface area contributed by atoms with Crippen LogP contribution in [0.3, 0.4) is 0 Å². The highest BCUT2D eigenvalue weighted by Crippen LogP contribution is 2.28.